The van der Waals surface area contributed by atoms with Gasteiger partial charge in [0, 0.05) is 11.5 Å². The van der Waals surface area contributed by atoms with Crippen LogP contribution >= 0.6 is 11.6 Å². The average molecular weight is 803 g/mol. The number of ether oxygens (including phenoxy) is 3. The first-order valence-corrected chi connectivity index (χ1v) is 19.2. The summed E-state index contributed by atoms with van der Waals surface area (Å²) in [5.41, 5.74) is 2.41. The maximum absolute atomic E-state index is 14.6. The van der Waals surface area contributed by atoms with Gasteiger partial charge in [0.1, 0.15) is 17.3 Å². The van der Waals surface area contributed by atoms with Crippen molar-refractivity contribution in [2.24, 2.45) is 35.0 Å². The zero-order valence-corrected chi connectivity index (χ0v) is 32.9. The SMILES string of the molecule is COc1ccc(OC)c(C=Cc2ccc(N3C(=O)C4CC=C5C(CC6C(=O)N(c7ccc(F)c(Cl)c7)C(=O)C6(C)C5C=Cc5ccc(O)c(OC)c5)C4C3=O)cc2)c1. The summed E-state index contributed by atoms with van der Waals surface area (Å²) in [6, 6.07) is 21.2. The number of carbonyl (C=O) groups excluding carboxylic acids is 4. The Hall–Kier alpha value is -6.20. The van der Waals surface area contributed by atoms with Crippen LogP contribution in [0.3, 0.4) is 0 Å². The third-order valence-corrected chi connectivity index (χ3v) is 12.5. The highest BCUT2D eigenvalue weighted by Gasteiger charge is 2.67. The Bertz CT molecular complexity index is 2460. The van der Waals surface area contributed by atoms with Crippen molar-refractivity contribution in [1.82, 2.24) is 0 Å². The standard InChI is InChI=1S/C46H40ClFN2O8/c1-46-34(17-8-26-9-19-38(51)40(21-26)58-4)31-15-16-32-41(33(31)24-35(46)43(53)50(45(46)55)29-13-18-37(48)36(47)23-29)44(54)49(42(32)52)28-11-6-25(7-12-28)5-10-27-22-30(56-2)14-20-39(27)57-3/h5-15,17-23,32-35,41,51H,16,24H2,1-4H3. The number of imide groups is 2. The van der Waals surface area contributed by atoms with Crippen molar-refractivity contribution in [3.63, 3.8) is 0 Å². The Balaban J connectivity index is 1.13. The summed E-state index contributed by atoms with van der Waals surface area (Å²) in [4.78, 5) is 60.1. The molecule has 0 bridgehead atoms. The van der Waals surface area contributed by atoms with Gasteiger partial charge in [-0.2, -0.15) is 0 Å². The van der Waals surface area contributed by atoms with Gasteiger partial charge < -0.3 is 19.3 Å². The third kappa shape index (κ3) is 6.25. The minimum atomic E-state index is -1.30. The van der Waals surface area contributed by atoms with E-state index in [1.165, 1.54) is 30.2 Å². The summed E-state index contributed by atoms with van der Waals surface area (Å²) in [6.45, 7) is 1.76. The lowest BCUT2D eigenvalue weighted by atomic mass is 9.52. The predicted octanol–water partition coefficient (Wildman–Crippen LogP) is 8.36. The Morgan fingerprint density at radius 2 is 1.48 bits per heavy atom. The van der Waals surface area contributed by atoms with Gasteiger partial charge in [-0.05, 0) is 97.5 Å². The normalized spacial score (nSPS) is 25.3. The van der Waals surface area contributed by atoms with Crippen molar-refractivity contribution >= 4 is 64.8 Å². The molecule has 0 radical (unpaired) electrons. The lowest BCUT2D eigenvalue weighted by Crippen LogP contribution is -2.49. The monoisotopic (exact) mass is 802 g/mol. The quantitative estimate of drug-likeness (QED) is 0.102. The third-order valence-electron chi connectivity index (χ3n) is 12.2. The topological polar surface area (TPSA) is 123 Å². The van der Waals surface area contributed by atoms with Crippen LogP contribution < -0.4 is 24.0 Å². The zero-order valence-electron chi connectivity index (χ0n) is 32.1. The molecule has 2 aliphatic carbocycles. The van der Waals surface area contributed by atoms with Crippen LogP contribution in [-0.4, -0.2) is 50.1 Å². The Morgan fingerprint density at radius 3 is 2.19 bits per heavy atom. The first kappa shape index (κ1) is 38.7. The van der Waals surface area contributed by atoms with Gasteiger partial charge in [0.05, 0.1) is 60.9 Å². The second-order valence-corrected chi connectivity index (χ2v) is 15.5. The van der Waals surface area contributed by atoms with Gasteiger partial charge in [0.25, 0.3) is 0 Å². The summed E-state index contributed by atoms with van der Waals surface area (Å²) in [5.74, 6) is -4.23. The Labute approximate surface area is 339 Å². The highest BCUT2D eigenvalue weighted by molar-refractivity contribution is 6.32. The van der Waals surface area contributed by atoms with Gasteiger partial charge >= 0.3 is 0 Å². The molecule has 4 aromatic rings. The summed E-state index contributed by atoms with van der Waals surface area (Å²) in [6.07, 6.45) is 9.84. The number of rotatable bonds is 9. The maximum atomic E-state index is 14.6. The number of fused-ring (bicyclic) bond motifs is 4. The van der Waals surface area contributed by atoms with Crippen molar-refractivity contribution < 1.29 is 42.9 Å². The number of hydrogen-bond acceptors (Lipinski definition) is 8. The fourth-order valence-corrected chi connectivity index (χ4v) is 9.41. The number of carbonyl (C=O) groups is 4. The molecule has 4 aromatic carbocycles. The van der Waals surface area contributed by atoms with Gasteiger partial charge in [-0.3, -0.25) is 24.1 Å². The van der Waals surface area contributed by atoms with E-state index in [1.807, 2.05) is 54.6 Å². The minimum Gasteiger partial charge on any atom is -0.504 e. The molecule has 0 aromatic heterocycles. The van der Waals surface area contributed by atoms with E-state index >= 15 is 0 Å². The number of amides is 4. The van der Waals surface area contributed by atoms with E-state index in [2.05, 4.69) is 0 Å². The number of nitrogens with zero attached hydrogens (tertiary/aromatic N) is 2. The number of methoxy groups -OCH3 is 3. The van der Waals surface area contributed by atoms with Crippen LogP contribution in [0.25, 0.3) is 18.2 Å². The van der Waals surface area contributed by atoms with Gasteiger partial charge in [-0.1, -0.05) is 65.8 Å². The predicted molar refractivity (Wildman–Crippen MR) is 218 cm³/mol. The van der Waals surface area contributed by atoms with Gasteiger partial charge in [0.15, 0.2) is 11.5 Å². The van der Waals surface area contributed by atoms with Crippen molar-refractivity contribution in [2.75, 3.05) is 31.1 Å². The number of phenols is 1. The number of halogens is 2. The molecule has 2 aliphatic heterocycles. The second kappa shape index (κ2) is 14.9. The maximum Gasteiger partial charge on any atom is 0.241 e. The molecule has 0 spiro atoms. The molecule has 2 heterocycles. The first-order chi connectivity index (χ1) is 27.9. The summed E-state index contributed by atoms with van der Waals surface area (Å²) in [5, 5.41) is 9.98. The van der Waals surface area contributed by atoms with Crippen LogP contribution in [0.4, 0.5) is 15.8 Å². The zero-order chi connectivity index (χ0) is 41.0. The Morgan fingerprint density at radius 1 is 0.759 bits per heavy atom. The summed E-state index contributed by atoms with van der Waals surface area (Å²) >= 11 is 6.12. The number of hydrogen-bond donors (Lipinski definition) is 1. The number of anilines is 2. The Kier molecular flexibility index (Phi) is 9.97. The first-order valence-electron chi connectivity index (χ1n) is 18.9. The number of benzene rings is 4. The molecule has 3 fully saturated rings. The lowest BCUT2D eigenvalue weighted by molar-refractivity contribution is -0.132. The van der Waals surface area contributed by atoms with E-state index in [4.69, 9.17) is 25.8 Å². The molecular formula is C46H40ClFN2O8. The fraction of sp³-hybridized carbons (Fsp3) is 0.261. The number of allylic oxidation sites excluding steroid dienone is 3. The minimum absolute atomic E-state index is 0.0374. The molecule has 296 valence electrons. The van der Waals surface area contributed by atoms with Crippen molar-refractivity contribution in [2.45, 2.75) is 19.8 Å². The van der Waals surface area contributed by atoms with Crippen LogP contribution in [0.1, 0.15) is 36.5 Å². The molecule has 6 atom stereocenters. The van der Waals surface area contributed by atoms with E-state index in [1.54, 1.807) is 51.5 Å². The van der Waals surface area contributed by atoms with E-state index in [0.717, 1.165) is 27.7 Å². The molecule has 10 nitrogen and oxygen atoms in total. The van der Waals surface area contributed by atoms with Crippen LogP contribution in [0.5, 0.6) is 23.0 Å². The number of aromatic hydroxyl groups is 1. The molecule has 1 saturated carbocycles. The van der Waals surface area contributed by atoms with Crippen LogP contribution in [-0.2, 0) is 19.2 Å². The lowest BCUT2D eigenvalue weighted by Gasteiger charge is -2.47. The number of phenolic OH excluding ortho intramolecular Hbond substituents is 1. The molecule has 4 amide bonds. The second-order valence-electron chi connectivity index (χ2n) is 15.1. The van der Waals surface area contributed by atoms with E-state index < -0.39 is 52.6 Å². The van der Waals surface area contributed by atoms with Crippen LogP contribution in [0.2, 0.25) is 5.02 Å². The van der Waals surface area contributed by atoms with E-state index in [0.29, 0.717) is 22.7 Å². The van der Waals surface area contributed by atoms with E-state index in [9.17, 15) is 28.7 Å². The highest BCUT2D eigenvalue weighted by Crippen LogP contribution is 2.61. The molecule has 58 heavy (non-hydrogen) atoms. The molecule has 8 rings (SSSR count). The largest absolute Gasteiger partial charge is 0.504 e. The average Bonchev–Trinajstić information content (AvgIpc) is 3.60. The molecule has 2 saturated heterocycles. The molecule has 12 heteroatoms. The molecule has 6 unspecified atom stereocenters. The van der Waals surface area contributed by atoms with Gasteiger partial charge in [0.2, 0.25) is 23.6 Å². The van der Waals surface area contributed by atoms with Gasteiger partial charge in [-0.15, -0.1) is 0 Å². The summed E-state index contributed by atoms with van der Waals surface area (Å²) in [7, 11) is 4.63. The summed E-state index contributed by atoms with van der Waals surface area (Å²) < 4.78 is 30.4. The molecular weight excluding hydrogens is 763 g/mol. The van der Waals surface area contributed by atoms with Crippen molar-refractivity contribution in [1.29, 1.82) is 0 Å². The molecule has 1 N–H and O–H groups in total. The van der Waals surface area contributed by atoms with Crippen LogP contribution in [0, 0.1) is 40.8 Å². The van der Waals surface area contributed by atoms with Gasteiger partial charge in [-0.25, -0.2) is 9.29 Å². The fourth-order valence-electron chi connectivity index (χ4n) is 9.24. The van der Waals surface area contributed by atoms with Crippen LogP contribution in [0.15, 0.2) is 96.6 Å². The smallest absolute Gasteiger partial charge is 0.241 e. The molecule has 4 aliphatic rings. The highest BCUT2D eigenvalue weighted by atomic mass is 35.5. The van der Waals surface area contributed by atoms with Crippen molar-refractivity contribution in [3.05, 3.63) is 124 Å². The van der Waals surface area contributed by atoms with Crippen molar-refractivity contribution in [3.8, 4) is 23.0 Å². The van der Waals surface area contributed by atoms with E-state index in [-0.39, 0.29) is 46.9 Å².